The summed E-state index contributed by atoms with van der Waals surface area (Å²) in [6.45, 7) is 8.67. The van der Waals surface area contributed by atoms with Gasteiger partial charge in [0.2, 0.25) is 0 Å². The molecule has 0 amide bonds. The standard InChI is InChI=1S/C31H33F2NO/c1-18-9-11-21(12-10-18)30(35)28-27(22-13-14-23(32)24(33)15-22)26-19(2)16-31(3,4)17-25(26)34-29(28)20-7-5-6-8-20/h9-15,19-20H,5-8,16-17H2,1-4H3/t19-/m0/s1. The van der Waals surface area contributed by atoms with E-state index in [1.54, 1.807) is 6.07 Å². The Morgan fingerprint density at radius 2 is 1.69 bits per heavy atom. The van der Waals surface area contributed by atoms with Gasteiger partial charge in [-0.1, -0.05) is 69.5 Å². The largest absolute Gasteiger partial charge is 0.289 e. The van der Waals surface area contributed by atoms with Crippen LogP contribution in [0.3, 0.4) is 0 Å². The van der Waals surface area contributed by atoms with Crippen LogP contribution in [-0.2, 0) is 6.42 Å². The van der Waals surface area contributed by atoms with Crippen molar-refractivity contribution >= 4 is 5.78 Å². The maximum absolute atomic E-state index is 14.5. The Balaban J connectivity index is 1.85. The molecule has 35 heavy (non-hydrogen) atoms. The number of ketones is 1. The third-order valence-corrected chi connectivity index (χ3v) is 7.83. The normalized spacial score (nSPS) is 19.5. The van der Waals surface area contributed by atoms with Gasteiger partial charge in [0.05, 0.1) is 11.3 Å². The average molecular weight is 474 g/mol. The van der Waals surface area contributed by atoms with Gasteiger partial charge in [0.25, 0.3) is 0 Å². The first-order chi connectivity index (χ1) is 16.6. The van der Waals surface area contributed by atoms with Crippen LogP contribution in [0.25, 0.3) is 11.1 Å². The Morgan fingerprint density at radius 1 is 1.00 bits per heavy atom. The quantitative estimate of drug-likeness (QED) is 0.357. The lowest BCUT2D eigenvalue weighted by Crippen LogP contribution is -2.28. The summed E-state index contributed by atoms with van der Waals surface area (Å²) in [4.78, 5) is 19.4. The van der Waals surface area contributed by atoms with Gasteiger partial charge in [-0.05, 0) is 67.2 Å². The SMILES string of the molecule is Cc1ccc(C(=O)c2c(C3CCCC3)nc3c(c2-c2ccc(F)c(F)c2)[C@@H](C)CC(C)(C)C3)cc1. The highest BCUT2D eigenvalue weighted by molar-refractivity contribution is 6.14. The number of hydrogen-bond acceptors (Lipinski definition) is 2. The van der Waals surface area contributed by atoms with E-state index in [9.17, 15) is 13.6 Å². The summed E-state index contributed by atoms with van der Waals surface area (Å²) in [7, 11) is 0. The Bertz CT molecular complexity index is 1290. The van der Waals surface area contributed by atoms with E-state index in [1.807, 2.05) is 31.2 Å². The molecule has 0 saturated heterocycles. The summed E-state index contributed by atoms with van der Waals surface area (Å²) in [5.74, 6) is -1.51. The van der Waals surface area contributed by atoms with E-state index < -0.39 is 11.6 Å². The number of carbonyl (C=O) groups excluding carboxylic acids is 1. The minimum atomic E-state index is -0.895. The van der Waals surface area contributed by atoms with Crippen LogP contribution in [0.5, 0.6) is 0 Å². The third-order valence-electron chi connectivity index (χ3n) is 7.83. The van der Waals surface area contributed by atoms with E-state index in [2.05, 4.69) is 20.8 Å². The predicted octanol–water partition coefficient (Wildman–Crippen LogP) is 8.30. The molecule has 0 bridgehead atoms. The highest BCUT2D eigenvalue weighted by Crippen LogP contribution is 2.49. The van der Waals surface area contributed by atoms with Crippen molar-refractivity contribution in [2.45, 2.75) is 78.1 Å². The van der Waals surface area contributed by atoms with Crippen molar-refractivity contribution in [2.24, 2.45) is 5.41 Å². The van der Waals surface area contributed by atoms with Crippen molar-refractivity contribution in [2.75, 3.05) is 0 Å². The number of hydrogen-bond donors (Lipinski definition) is 0. The zero-order valence-electron chi connectivity index (χ0n) is 21.1. The van der Waals surface area contributed by atoms with Crippen LogP contribution in [-0.4, -0.2) is 10.8 Å². The molecule has 4 heteroatoms. The number of benzene rings is 2. The molecule has 2 aromatic carbocycles. The third kappa shape index (κ3) is 4.44. The second-order valence-electron chi connectivity index (χ2n) is 11.4. The fraction of sp³-hybridized carbons (Fsp3) is 0.419. The van der Waals surface area contributed by atoms with Crippen molar-refractivity contribution in [1.82, 2.24) is 4.98 Å². The zero-order valence-corrected chi connectivity index (χ0v) is 21.1. The fourth-order valence-corrected chi connectivity index (χ4v) is 6.32. The molecule has 0 aliphatic heterocycles. The molecule has 1 fully saturated rings. The van der Waals surface area contributed by atoms with Crippen molar-refractivity contribution in [3.05, 3.63) is 87.7 Å². The number of nitrogens with zero attached hydrogens (tertiary/aromatic N) is 1. The van der Waals surface area contributed by atoms with Crippen molar-refractivity contribution < 1.29 is 13.6 Å². The summed E-state index contributed by atoms with van der Waals surface area (Å²) < 4.78 is 28.5. The van der Waals surface area contributed by atoms with Gasteiger partial charge in [-0.25, -0.2) is 8.78 Å². The maximum atomic E-state index is 14.5. The van der Waals surface area contributed by atoms with E-state index in [4.69, 9.17) is 4.98 Å². The van der Waals surface area contributed by atoms with Crippen LogP contribution in [0.2, 0.25) is 0 Å². The fourth-order valence-electron chi connectivity index (χ4n) is 6.32. The molecule has 1 aromatic heterocycles. The molecule has 1 atom stereocenters. The molecule has 0 N–H and O–H groups in total. The molecule has 2 aliphatic carbocycles. The predicted molar refractivity (Wildman–Crippen MR) is 136 cm³/mol. The van der Waals surface area contributed by atoms with Crippen molar-refractivity contribution in [3.8, 4) is 11.1 Å². The van der Waals surface area contributed by atoms with E-state index in [0.717, 1.165) is 66.6 Å². The Hall–Kier alpha value is -2.88. The van der Waals surface area contributed by atoms with Crippen LogP contribution < -0.4 is 0 Å². The maximum Gasteiger partial charge on any atom is 0.195 e. The van der Waals surface area contributed by atoms with Gasteiger partial charge in [-0.3, -0.25) is 9.78 Å². The number of aryl methyl sites for hydroxylation is 1. The molecule has 0 radical (unpaired) electrons. The Labute approximate surface area is 206 Å². The molecule has 2 aliphatic rings. The molecular weight excluding hydrogens is 440 g/mol. The minimum absolute atomic E-state index is 0.0835. The molecule has 1 heterocycles. The monoisotopic (exact) mass is 473 g/mol. The molecule has 3 aromatic rings. The lowest BCUT2D eigenvalue weighted by Gasteiger charge is -2.37. The van der Waals surface area contributed by atoms with E-state index in [1.165, 1.54) is 12.1 Å². The van der Waals surface area contributed by atoms with Crippen LogP contribution >= 0.6 is 0 Å². The summed E-state index contributed by atoms with van der Waals surface area (Å²) in [6.07, 6.45) is 5.97. The van der Waals surface area contributed by atoms with Crippen LogP contribution in [0, 0.1) is 24.0 Å². The molecule has 0 unspecified atom stereocenters. The topological polar surface area (TPSA) is 30.0 Å². The van der Waals surface area contributed by atoms with E-state index in [-0.39, 0.29) is 23.0 Å². The van der Waals surface area contributed by atoms with Gasteiger partial charge in [0.1, 0.15) is 0 Å². The highest BCUT2D eigenvalue weighted by atomic mass is 19.2. The van der Waals surface area contributed by atoms with E-state index >= 15 is 0 Å². The number of carbonyl (C=O) groups is 1. The second kappa shape index (κ2) is 8.96. The Morgan fingerprint density at radius 3 is 2.34 bits per heavy atom. The molecule has 5 rings (SSSR count). The molecule has 2 nitrogen and oxygen atoms in total. The second-order valence-corrected chi connectivity index (χ2v) is 11.4. The van der Waals surface area contributed by atoms with Gasteiger partial charge in [0.15, 0.2) is 17.4 Å². The average Bonchev–Trinajstić information content (AvgIpc) is 3.34. The van der Waals surface area contributed by atoms with Gasteiger partial charge in [-0.15, -0.1) is 0 Å². The van der Waals surface area contributed by atoms with Crippen LogP contribution in [0.1, 0.15) is 103 Å². The summed E-state index contributed by atoms with van der Waals surface area (Å²) in [5, 5.41) is 0. The summed E-state index contributed by atoms with van der Waals surface area (Å²) in [6, 6.07) is 11.6. The first-order valence-electron chi connectivity index (χ1n) is 12.8. The van der Waals surface area contributed by atoms with Crippen LogP contribution in [0.4, 0.5) is 8.78 Å². The zero-order chi connectivity index (χ0) is 24.9. The Kier molecular flexibility index (Phi) is 6.11. The van der Waals surface area contributed by atoms with Crippen molar-refractivity contribution in [3.63, 3.8) is 0 Å². The first-order valence-corrected chi connectivity index (χ1v) is 12.8. The van der Waals surface area contributed by atoms with Gasteiger partial charge in [0, 0.05) is 22.7 Å². The van der Waals surface area contributed by atoms with Crippen LogP contribution in [0.15, 0.2) is 42.5 Å². The first kappa shape index (κ1) is 23.8. The minimum Gasteiger partial charge on any atom is -0.289 e. The molecule has 1 saturated carbocycles. The number of halogens is 2. The smallest absolute Gasteiger partial charge is 0.195 e. The number of aromatic nitrogens is 1. The number of pyridine rings is 1. The number of rotatable bonds is 4. The van der Waals surface area contributed by atoms with Gasteiger partial charge >= 0.3 is 0 Å². The summed E-state index contributed by atoms with van der Waals surface area (Å²) >= 11 is 0. The molecule has 0 spiro atoms. The molecular formula is C31H33F2NO. The number of fused-ring (bicyclic) bond motifs is 1. The highest BCUT2D eigenvalue weighted by Gasteiger charge is 2.38. The van der Waals surface area contributed by atoms with E-state index in [0.29, 0.717) is 16.7 Å². The molecule has 182 valence electrons. The lowest BCUT2D eigenvalue weighted by atomic mass is 9.68. The van der Waals surface area contributed by atoms with Crippen molar-refractivity contribution in [1.29, 1.82) is 0 Å². The lowest BCUT2D eigenvalue weighted by molar-refractivity contribution is 0.103. The van der Waals surface area contributed by atoms with Gasteiger partial charge in [-0.2, -0.15) is 0 Å². The summed E-state index contributed by atoms with van der Waals surface area (Å²) in [5.41, 5.74) is 6.53. The van der Waals surface area contributed by atoms with Gasteiger partial charge < -0.3 is 0 Å².